The van der Waals surface area contributed by atoms with Gasteiger partial charge in [0.05, 0.1) is 18.7 Å². The van der Waals surface area contributed by atoms with Crippen LogP contribution in [0.2, 0.25) is 0 Å². The van der Waals surface area contributed by atoms with Crippen molar-refractivity contribution >= 4 is 12.0 Å². The molecule has 2 amide bonds. The molecule has 1 aromatic rings. The number of hydrogen-bond donors (Lipinski definition) is 1. The zero-order valence-electron chi connectivity index (χ0n) is 13.8. The molecule has 0 saturated heterocycles. The monoisotopic (exact) mass is 352 g/mol. The number of carbonyl (C=O) groups excluding carboxylic acids is 2. The highest BCUT2D eigenvalue weighted by Crippen LogP contribution is 2.40. The summed E-state index contributed by atoms with van der Waals surface area (Å²) < 4.78 is 34.8. The molecule has 1 N–H and O–H groups in total. The van der Waals surface area contributed by atoms with Crippen LogP contribution in [0.5, 0.6) is 5.75 Å². The minimum atomic E-state index is -3.02. The number of nitrogens with zero attached hydrogens (tertiary/aromatic N) is 1. The Morgan fingerprint density at radius 2 is 2.00 bits per heavy atom. The number of amides is 2. The zero-order chi connectivity index (χ0) is 18.1. The van der Waals surface area contributed by atoms with Crippen molar-refractivity contribution in [3.63, 3.8) is 0 Å². The lowest BCUT2D eigenvalue weighted by atomic mass is 9.94. The first-order valence-corrected chi connectivity index (χ1v) is 7.86. The largest absolute Gasteiger partial charge is 0.466 e. The van der Waals surface area contributed by atoms with E-state index in [2.05, 4.69) is 10.1 Å². The number of urea groups is 1. The van der Waals surface area contributed by atoms with E-state index < -0.39 is 18.6 Å². The Morgan fingerprint density at radius 3 is 2.60 bits per heavy atom. The Labute approximate surface area is 143 Å². The fraction of sp³-hybridized carbons (Fsp3) is 0.412. The van der Waals surface area contributed by atoms with Gasteiger partial charge in [0.25, 0.3) is 0 Å². The molecule has 1 aromatic carbocycles. The van der Waals surface area contributed by atoms with Crippen molar-refractivity contribution in [2.75, 3.05) is 7.11 Å². The molecule has 25 heavy (non-hydrogen) atoms. The van der Waals surface area contributed by atoms with Crippen LogP contribution < -0.4 is 10.1 Å². The van der Waals surface area contributed by atoms with Crippen molar-refractivity contribution in [1.29, 1.82) is 0 Å². The van der Waals surface area contributed by atoms with Gasteiger partial charge in [-0.25, -0.2) is 9.59 Å². The van der Waals surface area contributed by atoms with Gasteiger partial charge in [0.2, 0.25) is 0 Å². The lowest BCUT2D eigenvalue weighted by Gasteiger charge is -2.35. The first-order valence-electron chi connectivity index (χ1n) is 7.86. The minimum Gasteiger partial charge on any atom is -0.466 e. The normalized spacial score (nSPS) is 20.6. The van der Waals surface area contributed by atoms with Crippen molar-refractivity contribution in [2.45, 2.75) is 38.5 Å². The highest BCUT2D eigenvalue weighted by Gasteiger charge is 2.43. The predicted octanol–water partition coefficient (Wildman–Crippen LogP) is 2.96. The Kier molecular flexibility index (Phi) is 4.61. The molecule has 1 heterocycles. The molecule has 3 rings (SSSR count). The van der Waals surface area contributed by atoms with Crippen molar-refractivity contribution in [3.8, 4) is 5.75 Å². The van der Waals surface area contributed by atoms with E-state index in [4.69, 9.17) is 4.74 Å². The summed E-state index contributed by atoms with van der Waals surface area (Å²) in [5.41, 5.74) is 0.945. The number of allylic oxidation sites excluding steroid dienone is 1. The second-order valence-electron chi connectivity index (χ2n) is 5.89. The SMILES string of the molecule is COC(=O)C1=C(C)N(C2CC2)C(=O)N[C@@H]1c1ccccc1OC(F)F. The van der Waals surface area contributed by atoms with Crippen molar-refractivity contribution in [1.82, 2.24) is 10.2 Å². The lowest BCUT2D eigenvalue weighted by molar-refractivity contribution is -0.136. The lowest BCUT2D eigenvalue weighted by Crippen LogP contribution is -2.48. The van der Waals surface area contributed by atoms with Gasteiger partial charge in [-0.2, -0.15) is 8.78 Å². The number of hydrogen-bond acceptors (Lipinski definition) is 4. The van der Waals surface area contributed by atoms with Crippen LogP contribution in [0.4, 0.5) is 13.6 Å². The second kappa shape index (κ2) is 6.70. The van der Waals surface area contributed by atoms with E-state index in [9.17, 15) is 18.4 Å². The topological polar surface area (TPSA) is 67.9 Å². The maximum absolute atomic E-state index is 12.7. The van der Waals surface area contributed by atoms with E-state index in [0.717, 1.165) is 12.8 Å². The van der Waals surface area contributed by atoms with Crippen LogP contribution in [0.25, 0.3) is 0 Å². The third-order valence-electron chi connectivity index (χ3n) is 4.29. The molecule has 1 aliphatic carbocycles. The van der Waals surface area contributed by atoms with Crippen molar-refractivity contribution in [3.05, 3.63) is 41.1 Å². The fourth-order valence-electron chi connectivity index (χ4n) is 3.06. The molecule has 0 bridgehead atoms. The summed E-state index contributed by atoms with van der Waals surface area (Å²) in [5.74, 6) is -0.725. The fourth-order valence-corrected chi connectivity index (χ4v) is 3.06. The number of nitrogens with one attached hydrogen (secondary N) is 1. The number of benzene rings is 1. The van der Waals surface area contributed by atoms with Crippen LogP contribution >= 0.6 is 0 Å². The molecule has 134 valence electrons. The number of methoxy groups -OCH3 is 1. The summed E-state index contributed by atoms with van der Waals surface area (Å²) in [7, 11) is 1.24. The molecule has 8 heteroatoms. The van der Waals surface area contributed by atoms with Crippen LogP contribution in [-0.4, -0.2) is 36.7 Å². The molecule has 1 aliphatic heterocycles. The molecule has 1 fully saturated rings. The van der Waals surface area contributed by atoms with E-state index in [0.29, 0.717) is 5.70 Å². The van der Waals surface area contributed by atoms with E-state index in [-0.39, 0.29) is 29.0 Å². The van der Waals surface area contributed by atoms with Crippen LogP contribution in [0.1, 0.15) is 31.4 Å². The number of rotatable bonds is 5. The van der Waals surface area contributed by atoms with Crippen molar-refractivity contribution in [2.24, 2.45) is 0 Å². The average molecular weight is 352 g/mol. The van der Waals surface area contributed by atoms with E-state index in [1.807, 2.05) is 0 Å². The smallest absolute Gasteiger partial charge is 0.387 e. The quantitative estimate of drug-likeness (QED) is 0.828. The highest BCUT2D eigenvalue weighted by atomic mass is 19.3. The third-order valence-corrected chi connectivity index (χ3v) is 4.29. The summed E-state index contributed by atoms with van der Waals surface area (Å²) in [4.78, 5) is 26.4. The Morgan fingerprint density at radius 1 is 1.32 bits per heavy atom. The highest BCUT2D eigenvalue weighted by molar-refractivity contribution is 5.95. The van der Waals surface area contributed by atoms with Gasteiger partial charge >= 0.3 is 18.6 Å². The third kappa shape index (κ3) is 3.29. The Balaban J connectivity index is 2.08. The predicted molar refractivity (Wildman–Crippen MR) is 83.9 cm³/mol. The summed E-state index contributed by atoms with van der Waals surface area (Å²) >= 11 is 0. The van der Waals surface area contributed by atoms with E-state index in [1.54, 1.807) is 13.0 Å². The van der Waals surface area contributed by atoms with E-state index in [1.165, 1.54) is 30.2 Å². The van der Waals surface area contributed by atoms with Crippen LogP contribution in [0.3, 0.4) is 0 Å². The van der Waals surface area contributed by atoms with Gasteiger partial charge in [-0.05, 0) is 25.8 Å². The molecule has 0 unspecified atom stereocenters. The zero-order valence-corrected chi connectivity index (χ0v) is 13.8. The molecule has 6 nitrogen and oxygen atoms in total. The summed E-state index contributed by atoms with van der Waals surface area (Å²) in [6.07, 6.45) is 1.71. The van der Waals surface area contributed by atoms with Gasteiger partial charge < -0.3 is 14.8 Å². The molecular formula is C17H18F2N2O4. The number of ether oxygens (including phenoxy) is 2. The Bertz CT molecular complexity index is 731. The van der Waals surface area contributed by atoms with Crippen LogP contribution in [0, 0.1) is 0 Å². The second-order valence-corrected chi connectivity index (χ2v) is 5.89. The minimum absolute atomic E-state index is 0.0492. The van der Waals surface area contributed by atoms with Crippen LogP contribution in [0.15, 0.2) is 35.5 Å². The van der Waals surface area contributed by atoms with Gasteiger partial charge in [0.1, 0.15) is 5.75 Å². The maximum Gasteiger partial charge on any atom is 0.387 e. The van der Waals surface area contributed by atoms with Gasteiger partial charge in [-0.15, -0.1) is 0 Å². The average Bonchev–Trinajstić information content (AvgIpc) is 3.38. The standard InChI is InChI=1S/C17H18F2N2O4/c1-9-13(15(22)24-2)14(20-17(23)21(9)10-7-8-10)11-5-3-4-6-12(11)25-16(18)19/h3-6,10,14,16H,7-8H2,1-2H3,(H,20,23)/t14-/m1/s1. The van der Waals surface area contributed by atoms with Crippen LogP contribution in [-0.2, 0) is 9.53 Å². The maximum atomic E-state index is 12.7. The molecular weight excluding hydrogens is 334 g/mol. The van der Waals surface area contributed by atoms with E-state index >= 15 is 0 Å². The summed E-state index contributed by atoms with van der Waals surface area (Å²) in [6.45, 7) is -1.36. The summed E-state index contributed by atoms with van der Waals surface area (Å²) in [6, 6.07) is 4.81. The molecule has 2 aliphatic rings. The summed E-state index contributed by atoms with van der Waals surface area (Å²) in [5, 5.41) is 2.72. The van der Waals surface area contributed by atoms with Gasteiger partial charge in [0, 0.05) is 17.3 Å². The van der Waals surface area contributed by atoms with Gasteiger partial charge in [0.15, 0.2) is 0 Å². The molecule has 0 aromatic heterocycles. The number of para-hydroxylation sites is 1. The van der Waals surface area contributed by atoms with Gasteiger partial charge in [-0.3, -0.25) is 4.90 Å². The number of carbonyl (C=O) groups is 2. The number of esters is 1. The molecule has 1 atom stereocenters. The number of halogens is 2. The molecule has 1 saturated carbocycles. The Hall–Kier alpha value is -2.64. The molecule has 0 spiro atoms. The molecule has 0 radical (unpaired) electrons. The van der Waals surface area contributed by atoms with Crippen molar-refractivity contribution < 1.29 is 27.8 Å². The van der Waals surface area contributed by atoms with Gasteiger partial charge in [-0.1, -0.05) is 18.2 Å². The first kappa shape index (κ1) is 17.2. The number of alkyl halides is 2. The first-order chi connectivity index (χ1) is 11.9.